The molecule has 1 amide bonds. The highest BCUT2D eigenvalue weighted by molar-refractivity contribution is 7.71. The van der Waals surface area contributed by atoms with E-state index < -0.39 is 0 Å². The lowest BCUT2D eigenvalue weighted by atomic mass is 10.1. The second-order valence-electron chi connectivity index (χ2n) is 7.06. The van der Waals surface area contributed by atoms with Crippen molar-refractivity contribution in [2.24, 2.45) is 5.92 Å². The van der Waals surface area contributed by atoms with Crippen LogP contribution in [0.2, 0.25) is 0 Å². The van der Waals surface area contributed by atoms with Crippen molar-refractivity contribution in [1.82, 2.24) is 19.8 Å². The highest BCUT2D eigenvalue weighted by atomic mass is 32.1. The van der Waals surface area contributed by atoms with Crippen molar-refractivity contribution < 1.29 is 4.79 Å². The highest BCUT2D eigenvalue weighted by Gasteiger charge is 2.16. The molecule has 1 aromatic heterocycles. The molecular weight excluding hydrogens is 348 g/mol. The third kappa shape index (κ3) is 4.04. The van der Waals surface area contributed by atoms with Crippen molar-refractivity contribution in [3.8, 4) is 0 Å². The summed E-state index contributed by atoms with van der Waals surface area (Å²) in [6.45, 7) is 8.53. The van der Waals surface area contributed by atoms with Gasteiger partial charge in [-0.15, -0.1) is 0 Å². The molecule has 3 rings (SSSR count). The average Bonchev–Trinajstić information content (AvgIpc) is 3.12. The Balaban J connectivity index is 1.70. The van der Waals surface area contributed by atoms with E-state index in [1.54, 1.807) is 18.2 Å². The lowest BCUT2D eigenvalue weighted by Crippen LogP contribution is -2.34. The van der Waals surface area contributed by atoms with Crippen LogP contribution < -0.4 is 10.9 Å². The largest absolute Gasteiger partial charge is 0.352 e. The van der Waals surface area contributed by atoms with Crippen LogP contribution in [-0.2, 0) is 6.54 Å². The Hall–Kier alpha value is -1.99. The molecule has 0 radical (unpaired) electrons. The van der Waals surface area contributed by atoms with E-state index in [-0.39, 0.29) is 11.5 Å². The number of nitrogens with one attached hydrogen (secondary N) is 2. The Morgan fingerprint density at radius 2 is 2.08 bits per heavy atom. The van der Waals surface area contributed by atoms with Crippen LogP contribution >= 0.6 is 12.2 Å². The van der Waals surface area contributed by atoms with Gasteiger partial charge >= 0.3 is 0 Å². The number of rotatable bonds is 6. The number of aromatic amines is 1. The standard InChI is InChI=1S/C19H26N4O2S/c1-3-23-18(25)15-7-6-14(10-16(15)21-19(23)26)17(24)20-11-13(2)12-22-8-4-5-9-22/h6-7,10,13H,3-5,8-9,11-12H2,1-2H3,(H,20,24)(H,21,26). The van der Waals surface area contributed by atoms with Crippen LogP contribution in [0.5, 0.6) is 0 Å². The first-order chi connectivity index (χ1) is 12.5. The molecule has 2 N–H and O–H groups in total. The van der Waals surface area contributed by atoms with Gasteiger partial charge in [-0.05, 0) is 69.2 Å². The molecule has 1 fully saturated rings. The second kappa shape index (κ2) is 8.14. The summed E-state index contributed by atoms with van der Waals surface area (Å²) in [6.07, 6.45) is 2.55. The highest BCUT2D eigenvalue weighted by Crippen LogP contribution is 2.12. The number of benzene rings is 1. The van der Waals surface area contributed by atoms with Crippen LogP contribution in [0.4, 0.5) is 0 Å². The van der Waals surface area contributed by atoms with Gasteiger partial charge in [0.25, 0.3) is 11.5 Å². The van der Waals surface area contributed by atoms with Gasteiger partial charge in [-0.25, -0.2) is 0 Å². The lowest BCUT2D eigenvalue weighted by Gasteiger charge is -2.20. The zero-order valence-corrected chi connectivity index (χ0v) is 16.2. The lowest BCUT2D eigenvalue weighted by molar-refractivity contribution is 0.0945. The van der Waals surface area contributed by atoms with E-state index in [1.807, 2.05) is 6.92 Å². The van der Waals surface area contributed by atoms with Gasteiger partial charge < -0.3 is 15.2 Å². The first-order valence-electron chi connectivity index (χ1n) is 9.27. The molecule has 26 heavy (non-hydrogen) atoms. The number of amides is 1. The van der Waals surface area contributed by atoms with E-state index in [0.29, 0.717) is 40.2 Å². The maximum absolute atomic E-state index is 12.5. The van der Waals surface area contributed by atoms with E-state index in [4.69, 9.17) is 12.2 Å². The van der Waals surface area contributed by atoms with Gasteiger partial charge in [0.15, 0.2) is 4.77 Å². The molecule has 1 atom stereocenters. The number of H-pyrrole nitrogens is 1. The van der Waals surface area contributed by atoms with Crippen LogP contribution in [0.25, 0.3) is 10.9 Å². The summed E-state index contributed by atoms with van der Waals surface area (Å²) < 4.78 is 1.89. The molecule has 1 aliphatic rings. The minimum Gasteiger partial charge on any atom is -0.352 e. The molecule has 1 aromatic carbocycles. The monoisotopic (exact) mass is 374 g/mol. The molecule has 1 saturated heterocycles. The molecule has 140 valence electrons. The van der Waals surface area contributed by atoms with Gasteiger partial charge in [0.2, 0.25) is 0 Å². The van der Waals surface area contributed by atoms with E-state index in [2.05, 4.69) is 22.1 Å². The number of nitrogens with zero attached hydrogens (tertiary/aromatic N) is 2. The number of hydrogen-bond donors (Lipinski definition) is 2. The minimum atomic E-state index is -0.127. The Labute approximate surface area is 158 Å². The maximum atomic E-state index is 12.5. The van der Waals surface area contributed by atoms with Gasteiger partial charge in [0.1, 0.15) is 0 Å². The summed E-state index contributed by atoms with van der Waals surface area (Å²) in [7, 11) is 0. The fourth-order valence-electron chi connectivity index (χ4n) is 3.52. The fraction of sp³-hybridized carbons (Fsp3) is 0.526. The van der Waals surface area contributed by atoms with Crippen LogP contribution in [0.15, 0.2) is 23.0 Å². The molecule has 1 aliphatic heterocycles. The second-order valence-corrected chi connectivity index (χ2v) is 7.45. The Morgan fingerprint density at radius 3 is 2.77 bits per heavy atom. The smallest absolute Gasteiger partial charge is 0.262 e. The molecule has 2 aromatic rings. The van der Waals surface area contributed by atoms with Crippen LogP contribution in [0.1, 0.15) is 37.0 Å². The fourth-order valence-corrected chi connectivity index (χ4v) is 3.84. The van der Waals surface area contributed by atoms with Crippen molar-refractivity contribution in [1.29, 1.82) is 0 Å². The third-order valence-corrected chi connectivity index (χ3v) is 5.26. The summed E-state index contributed by atoms with van der Waals surface area (Å²) in [4.78, 5) is 30.4. The zero-order valence-electron chi connectivity index (χ0n) is 15.4. The molecule has 0 saturated carbocycles. The van der Waals surface area contributed by atoms with Crippen LogP contribution in [-0.4, -0.2) is 46.5 Å². The summed E-state index contributed by atoms with van der Waals surface area (Å²) in [6, 6.07) is 5.09. The molecule has 1 unspecified atom stereocenters. The predicted molar refractivity (Wildman–Crippen MR) is 106 cm³/mol. The number of aromatic nitrogens is 2. The number of carbonyl (C=O) groups excluding carboxylic acids is 1. The van der Waals surface area contributed by atoms with Gasteiger partial charge in [0, 0.05) is 25.2 Å². The van der Waals surface area contributed by atoms with Crippen molar-refractivity contribution in [2.75, 3.05) is 26.2 Å². The summed E-state index contributed by atoms with van der Waals surface area (Å²) in [5, 5.41) is 3.54. The SMILES string of the molecule is CCn1c(=S)[nH]c2cc(C(=O)NCC(C)CN3CCCC3)ccc2c1=O. The molecule has 0 spiro atoms. The van der Waals surface area contributed by atoms with Crippen molar-refractivity contribution >= 4 is 29.0 Å². The van der Waals surface area contributed by atoms with Gasteiger partial charge in [-0.3, -0.25) is 14.2 Å². The topological polar surface area (TPSA) is 70.1 Å². The number of likely N-dealkylation sites (tertiary alicyclic amines) is 1. The first-order valence-corrected chi connectivity index (χ1v) is 9.68. The van der Waals surface area contributed by atoms with Crippen molar-refractivity contribution in [2.45, 2.75) is 33.2 Å². The minimum absolute atomic E-state index is 0.126. The van der Waals surface area contributed by atoms with Gasteiger partial charge in [0.05, 0.1) is 10.9 Å². The first kappa shape index (κ1) is 18.8. The molecule has 0 bridgehead atoms. The number of carbonyl (C=O) groups is 1. The summed E-state index contributed by atoms with van der Waals surface area (Å²) in [5.74, 6) is 0.277. The molecule has 6 nitrogen and oxygen atoms in total. The molecular formula is C19H26N4O2S. The Bertz CT molecular complexity index is 912. The average molecular weight is 375 g/mol. The number of hydrogen-bond acceptors (Lipinski definition) is 4. The normalized spacial score (nSPS) is 16.1. The number of fused-ring (bicyclic) bond motifs is 1. The van der Waals surface area contributed by atoms with Gasteiger partial charge in [-0.2, -0.15) is 0 Å². The van der Waals surface area contributed by atoms with E-state index in [1.165, 1.54) is 17.4 Å². The summed E-state index contributed by atoms with van der Waals surface area (Å²) >= 11 is 5.23. The van der Waals surface area contributed by atoms with E-state index in [9.17, 15) is 9.59 Å². The van der Waals surface area contributed by atoms with Crippen molar-refractivity contribution in [3.63, 3.8) is 0 Å². The zero-order chi connectivity index (χ0) is 18.7. The van der Waals surface area contributed by atoms with Gasteiger partial charge in [-0.1, -0.05) is 6.92 Å². The van der Waals surface area contributed by atoms with E-state index in [0.717, 1.165) is 19.6 Å². The van der Waals surface area contributed by atoms with Crippen LogP contribution in [0, 0.1) is 10.7 Å². The Kier molecular flexibility index (Phi) is 5.88. The quantitative estimate of drug-likeness (QED) is 0.763. The van der Waals surface area contributed by atoms with Crippen molar-refractivity contribution in [3.05, 3.63) is 38.9 Å². The maximum Gasteiger partial charge on any atom is 0.262 e. The third-order valence-electron chi connectivity index (χ3n) is 4.94. The predicted octanol–water partition coefficient (Wildman–Crippen LogP) is 2.54. The van der Waals surface area contributed by atoms with E-state index >= 15 is 0 Å². The molecule has 7 heteroatoms. The Morgan fingerprint density at radius 1 is 1.35 bits per heavy atom. The van der Waals surface area contributed by atoms with Crippen LogP contribution in [0.3, 0.4) is 0 Å². The molecule has 0 aliphatic carbocycles. The summed E-state index contributed by atoms with van der Waals surface area (Å²) in [5.41, 5.74) is 1.00. The molecule has 2 heterocycles.